The first-order chi connectivity index (χ1) is 12.8. The SMILES string of the molecule is Cc1cc(C(=O)Nc2cccc(CS(C)=O)c2)c(C)n1-c1cccc(F)c1. The monoisotopic (exact) mass is 384 g/mol. The summed E-state index contributed by atoms with van der Waals surface area (Å²) in [6, 6.07) is 15.4. The molecular weight excluding hydrogens is 363 g/mol. The Balaban J connectivity index is 1.88. The van der Waals surface area contributed by atoms with E-state index in [0.717, 1.165) is 17.0 Å². The average molecular weight is 384 g/mol. The fourth-order valence-corrected chi connectivity index (χ4v) is 3.83. The molecule has 6 heteroatoms. The minimum Gasteiger partial charge on any atom is -0.322 e. The van der Waals surface area contributed by atoms with Crippen molar-refractivity contribution in [3.63, 3.8) is 0 Å². The van der Waals surface area contributed by atoms with Gasteiger partial charge in [0.15, 0.2) is 0 Å². The number of anilines is 1. The molecule has 0 spiro atoms. The van der Waals surface area contributed by atoms with E-state index in [9.17, 15) is 13.4 Å². The predicted molar refractivity (Wildman–Crippen MR) is 107 cm³/mol. The number of aromatic nitrogens is 1. The lowest BCUT2D eigenvalue weighted by molar-refractivity contribution is 0.102. The van der Waals surface area contributed by atoms with E-state index in [-0.39, 0.29) is 11.7 Å². The Kier molecular flexibility index (Phi) is 5.56. The third-order valence-electron chi connectivity index (χ3n) is 4.30. The highest BCUT2D eigenvalue weighted by Crippen LogP contribution is 2.23. The maximum atomic E-state index is 13.6. The quantitative estimate of drug-likeness (QED) is 0.710. The van der Waals surface area contributed by atoms with Gasteiger partial charge in [-0.15, -0.1) is 0 Å². The number of carbonyl (C=O) groups excluding carboxylic acids is 1. The fraction of sp³-hybridized carbons (Fsp3) is 0.190. The van der Waals surface area contributed by atoms with Crippen LogP contribution in [0.5, 0.6) is 0 Å². The number of nitrogens with zero attached hydrogens (tertiary/aromatic N) is 1. The highest BCUT2D eigenvalue weighted by Gasteiger charge is 2.17. The van der Waals surface area contributed by atoms with Crippen molar-refractivity contribution in [1.82, 2.24) is 4.57 Å². The normalized spacial score (nSPS) is 12.0. The van der Waals surface area contributed by atoms with Crippen LogP contribution < -0.4 is 5.32 Å². The summed E-state index contributed by atoms with van der Waals surface area (Å²) < 4.78 is 26.8. The molecule has 0 aliphatic heterocycles. The Morgan fingerprint density at radius 1 is 1.11 bits per heavy atom. The molecule has 4 nitrogen and oxygen atoms in total. The molecule has 0 saturated carbocycles. The van der Waals surface area contributed by atoms with Crippen LogP contribution in [0.4, 0.5) is 10.1 Å². The van der Waals surface area contributed by atoms with E-state index < -0.39 is 10.8 Å². The zero-order valence-electron chi connectivity index (χ0n) is 15.5. The second-order valence-electron chi connectivity index (χ2n) is 6.47. The van der Waals surface area contributed by atoms with E-state index in [2.05, 4.69) is 5.32 Å². The molecule has 0 aliphatic carbocycles. The fourth-order valence-electron chi connectivity index (χ4n) is 3.18. The number of nitrogens with one attached hydrogen (secondary N) is 1. The van der Waals surface area contributed by atoms with Crippen LogP contribution in [-0.4, -0.2) is 20.9 Å². The average Bonchev–Trinajstić information content (AvgIpc) is 2.89. The van der Waals surface area contributed by atoms with E-state index in [0.29, 0.717) is 22.7 Å². The van der Waals surface area contributed by atoms with Gasteiger partial charge in [0.2, 0.25) is 0 Å². The maximum Gasteiger partial charge on any atom is 0.257 e. The van der Waals surface area contributed by atoms with E-state index in [1.54, 1.807) is 30.5 Å². The van der Waals surface area contributed by atoms with Gasteiger partial charge < -0.3 is 9.88 Å². The Labute approximate surface area is 160 Å². The number of hydrogen-bond donors (Lipinski definition) is 1. The zero-order chi connectivity index (χ0) is 19.6. The minimum atomic E-state index is -0.947. The van der Waals surface area contributed by atoms with E-state index in [1.807, 2.05) is 36.6 Å². The number of halogens is 1. The van der Waals surface area contributed by atoms with Gasteiger partial charge in [0.25, 0.3) is 5.91 Å². The van der Waals surface area contributed by atoms with Crippen LogP contribution in [0.15, 0.2) is 54.6 Å². The number of carbonyl (C=O) groups is 1. The highest BCUT2D eigenvalue weighted by atomic mass is 32.2. The maximum absolute atomic E-state index is 13.6. The van der Waals surface area contributed by atoms with Gasteiger partial charge in [-0.05, 0) is 55.8 Å². The van der Waals surface area contributed by atoms with Crippen molar-refractivity contribution < 1.29 is 13.4 Å². The standard InChI is InChI=1S/C21H21FN2O2S/c1-14-10-20(15(2)24(14)19-9-5-7-17(22)12-19)21(25)23-18-8-4-6-16(11-18)13-27(3)26/h4-12H,13H2,1-3H3,(H,23,25). The lowest BCUT2D eigenvalue weighted by Gasteiger charge is -2.10. The minimum absolute atomic E-state index is 0.236. The number of aryl methyl sites for hydroxylation is 1. The summed E-state index contributed by atoms with van der Waals surface area (Å²) in [7, 11) is -0.947. The number of rotatable bonds is 5. The van der Waals surface area contributed by atoms with Gasteiger partial charge in [0, 0.05) is 45.6 Å². The van der Waals surface area contributed by atoms with Gasteiger partial charge in [0.05, 0.1) is 5.56 Å². The molecule has 1 heterocycles. The van der Waals surface area contributed by atoms with Gasteiger partial charge in [-0.25, -0.2) is 4.39 Å². The van der Waals surface area contributed by atoms with Gasteiger partial charge in [0.1, 0.15) is 5.82 Å². The summed E-state index contributed by atoms with van der Waals surface area (Å²) in [4.78, 5) is 12.8. The first kappa shape index (κ1) is 19.0. The molecule has 0 radical (unpaired) electrons. The van der Waals surface area contributed by atoms with Crippen molar-refractivity contribution in [3.05, 3.63) is 82.9 Å². The van der Waals surface area contributed by atoms with Crippen LogP contribution >= 0.6 is 0 Å². The molecule has 3 rings (SSSR count). The summed E-state index contributed by atoms with van der Waals surface area (Å²) in [5.41, 5.74) is 4.34. The largest absolute Gasteiger partial charge is 0.322 e. The van der Waals surface area contributed by atoms with E-state index in [1.165, 1.54) is 12.1 Å². The molecule has 0 bridgehead atoms. The van der Waals surface area contributed by atoms with Crippen molar-refractivity contribution in [2.24, 2.45) is 0 Å². The molecule has 2 aromatic carbocycles. The Morgan fingerprint density at radius 2 is 1.85 bits per heavy atom. The number of amides is 1. The van der Waals surface area contributed by atoms with Gasteiger partial charge in [-0.3, -0.25) is 9.00 Å². The van der Waals surface area contributed by atoms with Crippen LogP contribution in [0.3, 0.4) is 0 Å². The van der Waals surface area contributed by atoms with Crippen LogP contribution in [0.2, 0.25) is 0 Å². The lowest BCUT2D eigenvalue weighted by atomic mass is 10.2. The summed E-state index contributed by atoms with van der Waals surface area (Å²) in [5.74, 6) is -0.116. The molecule has 27 heavy (non-hydrogen) atoms. The van der Waals surface area contributed by atoms with Crippen LogP contribution in [0, 0.1) is 19.7 Å². The molecule has 1 amide bonds. The van der Waals surface area contributed by atoms with Crippen molar-refractivity contribution in [3.8, 4) is 5.69 Å². The molecule has 3 aromatic rings. The molecule has 1 aromatic heterocycles. The van der Waals surface area contributed by atoms with Crippen molar-refractivity contribution in [2.75, 3.05) is 11.6 Å². The Hall–Kier alpha value is -2.73. The van der Waals surface area contributed by atoms with Gasteiger partial charge in [-0.2, -0.15) is 0 Å². The van der Waals surface area contributed by atoms with E-state index >= 15 is 0 Å². The van der Waals surface area contributed by atoms with Crippen molar-refractivity contribution in [2.45, 2.75) is 19.6 Å². The smallest absolute Gasteiger partial charge is 0.257 e. The zero-order valence-corrected chi connectivity index (χ0v) is 16.3. The second-order valence-corrected chi connectivity index (χ2v) is 7.91. The Bertz CT molecular complexity index is 1030. The van der Waals surface area contributed by atoms with E-state index in [4.69, 9.17) is 0 Å². The highest BCUT2D eigenvalue weighted by molar-refractivity contribution is 7.83. The molecule has 0 fully saturated rings. The molecule has 1 atom stereocenters. The van der Waals surface area contributed by atoms with Crippen LogP contribution in [0.25, 0.3) is 5.69 Å². The van der Waals surface area contributed by atoms with Gasteiger partial charge in [-0.1, -0.05) is 18.2 Å². The summed E-state index contributed by atoms with van der Waals surface area (Å²) >= 11 is 0. The summed E-state index contributed by atoms with van der Waals surface area (Å²) in [6.07, 6.45) is 1.65. The van der Waals surface area contributed by atoms with Crippen molar-refractivity contribution in [1.29, 1.82) is 0 Å². The molecule has 1 N–H and O–H groups in total. The molecule has 1 unspecified atom stereocenters. The van der Waals surface area contributed by atoms with Gasteiger partial charge >= 0.3 is 0 Å². The topological polar surface area (TPSA) is 51.1 Å². The number of hydrogen-bond acceptors (Lipinski definition) is 2. The summed E-state index contributed by atoms with van der Waals surface area (Å²) in [5, 5.41) is 2.89. The summed E-state index contributed by atoms with van der Waals surface area (Å²) in [6.45, 7) is 3.72. The Morgan fingerprint density at radius 3 is 2.56 bits per heavy atom. The third-order valence-corrected chi connectivity index (χ3v) is 5.04. The lowest BCUT2D eigenvalue weighted by Crippen LogP contribution is -2.13. The molecule has 0 aliphatic rings. The third kappa shape index (κ3) is 4.34. The first-order valence-corrected chi connectivity index (χ1v) is 10.2. The van der Waals surface area contributed by atoms with Crippen LogP contribution in [-0.2, 0) is 16.6 Å². The molecule has 0 saturated heterocycles. The van der Waals surface area contributed by atoms with Crippen LogP contribution in [0.1, 0.15) is 27.3 Å². The van der Waals surface area contributed by atoms with Crippen molar-refractivity contribution >= 4 is 22.4 Å². The molecular formula is C21H21FN2O2S. The first-order valence-electron chi connectivity index (χ1n) is 8.50. The number of benzene rings is 2. The molecule has 140 valence electrons. The predicted octanol–water partition coefficient (Wildman–Crippen LogP) is 4.36. The second kappa shape index (κ2) is 7.88.